The smallest absolute Gasteiger partial charge is 0.196 e. The van der Waals surface area contributed by atoms with E-state index in [-0.39, 0.29) is 17.5 Å². The summed E-state index contributed by atoms with van der Waals surface area (Å²) in [5.74, 6) is 2.29. The first kappa shape index (κ1) is 68.8. The quantitative estimate of drug-likeness (QED) is 0.0772. The topological polar surface area (TPSA) is 229 Å². The fraction of sp³-hybridized carbons (Fsp3) is 0.256. The van der Waals surface area contributed by atoms with E-state index in [0.29, 0.717) is 89.8 Å². The Bertz CT molecular complexity index is 5640. The number of tetrazole rings is 3. The maximum atomic E-state index is 14.9. The van der Waals surface area contributed by atoms with Crippen molar-refractivity contribution in [3.8, 4) is 50.8 Å². The summed E-state index contributed by atoms with van der Waals surface area (Å²) in [6, 6.07) is 57.2. The van der Waals surface area contributed by atoms with Crippen molar-refractivity contribution in [2.24, 2.45) is 34.1 Å². The van der Waals surface area contributed by atoms with E-state index in [1.165, 1.54) is 76.5 Å². The summed E-state index contributed by atoms with van der Waals surface area (Å²) < 4.78 is 59.0. The molecular weight excluding hydrogens is 1320 g/mol. The van der Waals surface area contributed by atoms with Gasteiger partial charge in [-0.2, -0.15) is 39.9 Å². The molecule has 1 aliphatic rings. The number of para-hydroxylation sites is 4. The summed E-state index contributed by atoms with van der Waals surface area (Å²) in [4.78, 5) is 4.23. The van der Waals surface area contributed by atoms with E-state index in [4.69, 9.17) is 14.9 Å². The number of ether oxygens (including phenoxy) is 1. The van der Waals surface area contributed by atoms with E-state index < -0.39 is 0 Å². The summed E-state index contributed by atoms with van der Waals surface area (Å²) in [6.07, 6.45) is 10.9. The number of rotatable bonds is 17. The molecule has 526 valence electrons. The predicted octanol–water partition coefficient (Wildman–Crippen LogP) is 14.4. The summed E-state index contributed by atoms with van der Waals surface area (Å²) in [5.41, 5.74) is 13.5. The zero-order valence-corrected chi connectivity index (χ0v) is 58.8. The molecule has 1 fully saturated rings. The maximum absolute atomic E-state index is 14.9. The second-order valence-corrected chi connectivity index (χ2v) is 26.0. The number of aryl methyl sites for hydroxylation is 7. The van der Waals surface area contributed by atoms with Gasteiger partial charge in [0.25, 0.3) is 0 Å². The zero-order valence-electron chi connectivity index (χ0n) is 58.8. The first-order valence-electron chi connectivity index (χ1n) is 34.6. The minimum Gasteiger partial charge on any atom is -0.494 e. The van der Waals surface area contributed by atoms with Crippen molar-refractivity contribution in [2.45, 2.75) is 91.9 Å². The Morgan fingerprint density at radius 3 is 1.39 bits per heavy atom. The van der Waals surface area contributed by atoms with Gasteiger partial charge in [-0.25, -0.2) is 13.2 Å². The van der Waals surface area contributed by atoms with Crippen molar-refractivity contribution < 1.29 is 17.9 Å². The highest BCUT2D eigenvalue weighted by atomic mass is 19.1. The molecule has 17 rings (SSSR count). The fourth-order valence-corrected chi connectivity index (χ4v) is 13.4. The number of benzene rings is 8. The molecule has 8 heterocycles. The van der Waals surface area contributed by atoms with Gasteiger partial charge in [0, 0.05) is 57.0 Å². The highest BCUT2D eigenvalue weighted by molar-refractivity contribution is 5.97. The van der Waals surface area contributed by atoms with Crippen LogP contribution in [0.15, 0.2) is 188 Å². The van der Waals surface area contributed by atoms with Crippen LogP contribution in [0.5, 0.6) is 5.75 Å². The Labute approximate surface area is 597 Å². The number of nitrogens with zero attached hydrogens (tertiary/aromatic N) is 22. The van der Waals surface area contributed by atoms with Crippen molar-refractivity contribution in [2.75, 3.05) is 6.61 Å². The largest absolute Gasteiger partial charge is 0.494 e. The molecule has 0 spiro atoms. The third-order valence-electron chi connectivity index (χ3n) is 18.4. The van der Waals surface area contributed by atoms with E-state index in [2.05, 4.69) is 103 Å². The van der Waals surface area contributed by atoms with E-state index in [1.54, 1.807) is 54.8 Å². The van der Waals surface area contributed by atoms with Gasteiger partial charge >= 0.3 is 0 Å². The van der Waals surface area contributed by atoms with Gasteiger partial charge < -0.3 is 4.74 Å². The van der Waals surface area contributed by atoms with Crippen LogP contribution in [0.25, 0.3) is 88.6 Å². The Kier molecular flexibility index (Phi) is 20.4. The van der Waals surface area contributed by atoms with Gasteiger partial charge in [0.15, 0.2) is 17.5 Å². The first-order valence-corrected chi connectivity index (χ1v) is 34.6. The van der Waals surface area contributed by atoms with Crippen LogP contribution in [0, 0.1) is 44.1 Å². The highest BCUT2D eigenvalue weighted by Crippen LogP contribution is 2.37. The number of hydrogen-bond acceptors (Lipinski definition) is 15. The number of aromatic nitrogens is 22. The summed E-state index contributed by atoms with van der Waals surface area (Å²) in [7, 11) is 7.11. The van der Waals surface area contributed by atoms with Crippen LogP contribution >= 0.6 is 0 Å². The molecule has 0 unspecified atom stereocenters. The van der Waals surface area contributed by atoms with Crippen LogP contribution < -0.4 is 4.74 Å². The lowest BCUT2D eigenvalue weighted by Gasteiger charge is -2.21. The van der Waals surface area contributed by atoms with Gasteiger partial charge in [0.05, 0.1) is 62.1 Å². The Morgan fingerprint density at radius 2 is 0.875 bits per heavy atom. The Morgan fingerprint density at radius 1 is 0.423 bits per heavy atom. The molecule has 1 saturated carbocycles. The second kappa shape index (κ2) is 30.9. The van der Waals surface area contributed by atoms with Crippen LogP contribution in [-0.4, -0.2) is 116 Å². The molecular formula is C78H77F3N22O. The predicted molar refractivity (Wildman–Crippen MR) is 392 cm³/mol. The fourth-order valence-electron chi connectivity index (χ4n) is 13.4. The van der Waals surface area contributed by atoms with Crippen molar-refractivity contribution >= 4 is 43.6 Å². The molecule has 104 heavy (non-hydrogen) atoms. The lowest BCUT2D eigenvalue weighted by molar-refractivity contribution is 0.269. The van der Waals surface area contributed by atoms with Crippen LogP contribution in [0.3, 0.4) is 0 Å². The molecule has 0 N–H and O–H groups in total. The van der Waals surface area contributed by atoms with Crippen molar-refractivity contribution in [3.05, 3.63) is 245 Å². The van der Waals surface area contributed by atoms with Crippen LogP contribution in [0.1, 0.15) is 84.8 Å². The Balaban J connectivity index is 0.000000118. The lowest BCUT2D eigenvalue weighted by atomic mass is 9.86. The molecule has 26 heteroatoms. The Hall–Kier alpha value is -12.4. The van der Waals surface area contributed by atoms with Gasteiger partial charge in [-0.3, -0.25) is 23.4 Å². The minimum absolute atomic E-state index is 0.281. The van der Waals surface area contributed by atoms with Crippen LogP contribution in [0.4, 0.5) is 13.2 Å². The average Bonchev–Trinajstić information content (AvgIpc) is 1.64. The summed E-state index contributed by atoms with van der Waals surface area (Å²) >= 11 is 0. The summed E-state index contributed by atoms with van der Waals surface area (Å²) in [5, 5.41) is 63.3. The first-order chi connectivity index (χ1) is 50.6. The number of fused-ring (bicyclic) bond motifs is 4. The van der Waals surface area contributed by atoms with Crippen molar-refractivity contribution in [3.63, 3.8) is 0 Å². The molecule has 1 aliphatic carbocycles. The molecule has 16 aromatic rings. The monoisotopic (exact) mass is 1390 g/mol. The number of hydrogen-bond donors (Lipinski definition) is 0. The second-order valence-electron chi connectivity index (χ2n) is 26.0. The molecule has 0 aliphatic heterocycles. The molecule has 8 aromatic heterocycles. The normalized spacial score (nSPS) is 12.4. The molecule has 0 bridgehead atoms. The molecule has 0 atom stereocenters. The minimum atomic E-state index is -0.322. The third-order valence-corrected chi connectivity index (χ3v) is 18.4. The van der Waals surface area contributed by atoms with E-state index in [0.717, 1.165) is 84.2 Å². The molecule has 8 aromatic carbocycles. The van der Waals surface area contributed by atoms with Gasteiger partial charge in [-0.15, -0.1) is 30.6 Å². The molecule has 23 nitrogen and oxygen atoms in total. The van der Waals surface area contributed by atoms with E-state index in [9.17, 15) is 13.2 Å². The van der Waals surface area contributed by atoms with Gasteiger partial charge in [0.2, 0.25) is 0 Å². The van der Waals surface area contributed by atoms with E-state index in [1.807, 2.05) is 147 Å². The standard InChI is InChI=1S/C25H29FN6O.C18H17FN6.C18H16N4.C17H15FN6/c1-31-28-24(27-30-31)17-32-23-12-6-5-11-20(23)25(29-32)21-16-19(13-14-22(21)26)33-15-7-10-18-8-3-2-4-9-18;1-11-7-8-15(19)14(9-11)17-13-6-4-5-12(2)18(13)25(22-17)10-16-20-23-24(3)21-16;1-21-15(11-12-19-21)13-22-17-10-6-5-9-16(17)18(20-22)14-7-3-2-4-8-14;1-11-7-8-14(18)13(9-11)17-12-5-3-4-6-15(12)24(21-17)10-16-19-22-23(2)20-16/h5-6,11-14,16,18H,2-4,7-10,15,17H2,1H3;4-9H,10H2,1-3H3;2-12H,13H2,1H3;3-9H,10H2,1-2H3. The SMILES string of the molecule is Cc1ccc(F)c(-c2nn(Cc3nnn(C)n3)c3c(C)cccc23)c1.Cc1ccc(F)c(-c2nn(Cc3nnn(C)n3)c3ccccc23)c1.Cn1nccc1Cn1nc(-c2ccccc2)c2ccccc21.Cn1nnc(Cn2nc(-c3cc(OCCCC4CCCCC4)ccc3F)c3ccccc32)n1. The average molecular weight is 1400 g/mol. The lowest BCUT2D eigenvalue weighted by Crippen LogP contribution is -2.08. The van der Waals surface area contributed by atoms with Gasteiger partial charge in [0.1, 0.15) is 65.6 Å². The van der Waals surface area contributed by atoms with Gasteiger partial charge in [-0.05, 0) is 127 Å². The highest BCUT2D eigenvalue weighted by Gasteiger charge is 2.23. The molecule has 0 saturated heterocycles. The maximum Gasteiger partial charge on any atom is 0.196 e. The summed E-state index contributed by atoms with van der Waals surface area (Å²) in [6.45, 7) is 8.36. The van der Waals surface area contributed by atoms with Crippen molar-refractivity contribution in [1.82, 2.24) is 110 Å². The molecule has 0 amide bonds. The molecule has 0 radical (unpaired) electrons. The van der Waals surface area contributed by atoms with E-state index >= 15 is 0 Å². The van der Waals surface area contributed by atoms with Gasteiger partial charge in [-0.1, -0.05) is 158 Å². The zero-order chi connectivity index (χ0) is 71.8. The van der Waals surface area contributed by atoms with Crippen LogP contribution in [-0.2, 0) is 54.4 Å². The third kappa shape index (κ3) is 15.4. The van der Waals surface area contributed by atoms with Crippen LogP contribution in [0.2, 0.25) is 0 Å². The number of halogens is 3. The van der Waals surface area contributed by atoms with Crippen molar-refractivity contribution in [1.29, 1.82) is 0 Å².